The normalized spacial score (nSPS) is 11.6. The minimum Gasteiger partial charge on any atom is -0.493 e. The number of aryl methyl sites for hydroxylation is 2. The van der Waals surface area contributed by atoms with Crippen LogP contribution in [0.15, 0.2) is 54.6 Å². The van der Waals surface area contributed by atoms with E-state index >= 15 is 0 Å². The lowest BCUT2D eigenvalue weighted by Gasteiger charge is -2.18. The summed E-state index contributed by atoms with van der Waals surface area (Å²) in [5.74, 6) is 0.981. The van der Waals surface area contributed by atoms with Crippen molar-refractivity contribution in [2.45, 2.75) is 51.9 Å². The number of hydrogen-bond acceptors (Lipinski definition) is 3. The van der Waals surface area contributed by atoms with Gasteiger partial charge < -0.3 is 14.9 Å². The van der Waals surface area contributed by atoms with Gasteiger partial charge in [0.25, 0.3) is 0 Å². The highest BCUT2D eigenvalue weighted by Gasteiger charge is 2.16. The smallest absolute Gasteiger partial charge is 0.130 e. The number of hydrogen-bond donors (Lipinski definition) is 2. The predicted molar refractivity (Wildman–Crippen MR) is 135 cm³/mol. The van der Waals surface area contributed by atoms with Crippen molar-refractivity contribution in [1.82, 2.24) is 0 Å². The first kappa shape index (κ1) is 22.6. The average Bonchev–Trinajstić information content (AvgIpc) is 2.84. The van der Waals surface area contributed by atoms with Crippen LogP contribution >= 0.6 is 0 Å². The van der Waals surface area contributed by atoms with Crippen molar-refractivity contribution >= 4 is 32.3 Å². The molecule has 0 aliphatic heterocycles. The van der Waals surface area contributed by atoms with Crippen molar-refractivity contribution in [1.29, 1.82) is 0 Å². The summed E-state index contributed by atoms with van der Waals surface area (Å²) < 4.78 is 6.47. The molecule has 0 heterocycles. The Morgan fingerprint density at radius 3 is 2.16 bits per heavy atom. The van der Waals surface area contributed by atoms with Crippen LogP contribution in [0, 0.1) is 0 Å². The van der Waals surface area contributed by atoms with Crippen LogP contribution in [0.5, 0.6) is 5.75 Å². The van der Waals surface area contributed by atoms with Crippen molar-refractivity contribution in [3.63, 3.8) is 0 Å². The fourth-order valence-electron chi connectivity index (χ4n) is 4.70. The van der Waals surface area contributed by atoms with Gasteiger partial charge >= 0.3 is 0 Å². The molecule has 0 unspecified atom stereocenters. The lowest BCUT2D eigenvalue weighted by atomic mass is 9.90. The number of unbranched alkanes of at least 4 members (excludes halogenated alkanes) is 2. The topological polar surface area (TPSA) is 49.7 Å². The van der Waals surface area contributed by atoms with Crippen molar-refractivity contribution in [3.8, 4) is 5.75 Å². The lowest BCUT2D eigenvalue weighted by Crippen LogP contribution is -2.03. The van der Waals surface area contributed by atoms with E-state index in [4.69, 9.17) is 4.74 Å². The molecular weight excluding hydrogens is 396 g/mol. The van der Waals surface area contributed by atoms with E-state index in [2.05, 4.69) is 61.5 Å². The molecule has 0 amide bonds. The van der Waals surface area contributed by atoms with Gasteiger partial charge in [-0.2, -0.15) is 0 Å². The Labute approximate surface area is 190 Å². The summed E-state index contributed by atoms with van der Waals surface area (Å²) in [5.41, 5.74) is 2.43. The number of benzene rings is 4. The van der Waals surface area contributed by atoms with Gasteiger partial charge in [0.2, 0.25) is 0 Å². The number of aliphatic hydroxyl groups excluding tert-OH is 2. The largest absolute Gasteiger partial charge is 0.493 e. The molecule has 0 fully saturated rings. The molecule has 0 aromatic heterocycles. The molecule has 0 saturated carbocycles. The monoisotopic (exact) mass is 430 g/mol. The maximum Gasteiger partial charge on any atom is 0.130 e. The minimum absolute atomic E-state index is 0.183. The first-order valence-corrected chi connectivity index (χ1v) is 12.0. The van der Waals surface area contributed by atoms with Gasteiger partial charge in [0.05, 0.1) is 6.61 Å². The summed E-state index contributed by atoms with van der Waals surface area (Å²) in [6.45, 7) is 3.32. The van der Waals surface area contributed by atoms with Gasteiger partial charge in [-0.3, -0.25) is 0 Å². The van der Waals surface area contributed by atoms with Crippen LogP contribution in [0.25, 0.3) is 32.3 Å². The Bertz CT molecular complexity index is 1180. The second-order valence-electron chi connectivity index (χ2n) is 8.61. The highest BCUT2D eigenvalue weighted by Crippen LogP contribution is 2.42. The Kier molecular flexibility index (Phi) is 7.62. The molecule has 0 bridgehead atoms. The molecule has 3 heteroatoms. The maximum absolute atomic E-state index is 9.42. The van der Waals surface area contributed by atoms with E-state index in [-0.39, 0.29) is 13.2 Å². The third-order valence-electron chi connectivity index (χ3n) is 6.32. The van der Waals surface area contributed by atoms with E-state index in [1.165, 1.54) is 49.9 Å². The standard InChI is InChI=1S/C29H34O3/c1-2-3-6-19-32-29-22(10-8-18-31)14-16-26-24-15-13-21(9-7-17-30)20-27(24)23-11-4-5-12-25(23)28(26)29/h4-5,11-16,20,30-31H,2-3,6-10,17-19H2,1H3. The van der Waals surface area contributed by atoms with Crippen molar-refractivity contribution in [2.24, 2.45) is 0 Å². The van der Waals surface area contributed by atoms with E-state index < -0.39 is 0 Å². The molecule has 0 radical (unpaired) electrons. The zero-order chi connectivity index (χ0) is 22.3. The number of rotatable bonds is 11. The van der Waals surface area contributed by atoms with Gasteiger partial charge in [0.15, 0.2) is 0 Å². The molecule has 0 aliphatic carbocycles. The fraction of sp³-hybridized carbons (Fsp3) is 0.379. The molecule has 0 atom stereocenters. The number of fused-ring (bicyclic) bond motifs is 6. The maximum atomic E-state index is 9.42. The van der Waals surface area contributed by atoms with Gasteiger partial charge in [-0.1, -0.05) is 74.4 Å². The van der Waals surface area contributed by atoms with E-state index in [0.29, 0.717) is 6.61 Å². The summed E-state index contributed by atoms with van der Waals surface area (Å²) in [6.07, 6.45) is 6.58. The Morgan fingerprint density at radius 2 is 1.38 bits per heavy atom. The van der Waals surface area contributed by atoms with Crippen LogP contribution in [-0.4, -0.2) is 30.0 Å². The van der Waals surface area contributed by atoms with Crippen LogP contribution in [-0.2, 0) is 12.8 Å². The molecule has 32 heavy (non-hydrogen) atoms. The van der Waals surface area contributed by atoms with E-state index in [1.807, 2.05) is 0 Å². The molecule has 4 aromatic rings. The van der Waals surface area contributed by atoms with E-state index in [0.717, 1.165) is 44.3 Å². The molecule has 0 saturated heterocycles. The van der Waals surface area contributed by atoms with Gasteiger partial charge in [-0.05, 0) is 70.2 Å². The molecule has 168 valence electrons. The molecule has 0 spiro atoms. The van der Waals surface area contributed by atoms with Crippen LogP contribution in [0.4, 0.5) is 0 Å². The molecule has 4 rings (SSSR count). The zero-order valence-corrected chi connectivity index (χ0v) is 19.1. The second-order valence-corrected chi connectivity index (χ2v) is 8.61. The van der Waals surface area contributed by atoms with Crippen LogP contribution < -0.4 is 4.74 Å². The Balaban J connectivity index is 1.96. The minimum atomic E-state index is 0.183. The third-order valence-corrected chi connectivity index (χ3v) is 6.32. The lowest BCUT2D eigenvalue weighted by molar-refractivity contribution is 0.284. The predicted octanol–water partition coefficient (Wildman–Crippen LogP) is 6.57. The van der Waals surface area contributed by atoms with E-state index in [9.17, 15) is 10.2 Å². The van der Waals surface area contributed by atoms with Crippen molar-refractivity contribution < 1.29 is 14.9 Å². The van der Waals surface area contributed by atoms with Crippen molar-refractivity contribution in [2.75, 3.05) is 19.8 Å². The van der Waals surface area contributed by atoms with Gasteiger partial charge in [-0.25, -0.2) is 0 Å². The molecular formula is C29H34O3. The van der Waals surface area contributed by atoms with E-state index in [1.54, 1.807) is 0 Å². The van der Waals surface area contributed by atoms with Crippen LogP contribution in [0.3, 0.4) is 0 Å². The first-order chi connectivity index (χ1) is 15.8. The zero-order valence-electron chi connectivity index (χ0n) is 19.1. The molecule has 2 N–H and O–H groups in total. The molecule has 4 aromatic carbocycles. The summed E-state index contributed by atoms with van der Waals surface area (Å²) >= 11 is 0. The Morgan fingerprint density at radius 1 is 0.688 bits per heavy atom. The van der Waals surface area contributed by atoms with Crippen LogP contribution in [0.1, 0.15) is 50.2 Å². The summed E-state index contributed by atoms with van der Waals surface area (Å²) in [6, 6.07) is 19.7. The third kappa shape index (κ3) is 4.60. The van der Waals surface area contributed by atoms with Gasteiger partial charge in [0, 0.05) is 18.6 Å². The van der Waals surface area contributed by atoms with Crippen LogP contribution in [0.2, 0.25) is 0 Å². The highest BCUT2D eigenvalue weighted by atomic mass is 16.5. The molecule has 3 nitrogen and oxygen atoms in total. The van der Waals surface area contributed by atoms with Gasteiger partial charge in [0.1, 0.15) is 5.75 Å². The summed E-state index contributed by atoms with van der Waals surface area (Å²) in [5, 5.41) is 26.0. The quantitative estimate of drug-likeness (QED) is 0.209. The molecule has 0 aliphatic rings. The number of aliphatic hydroxyl groups is 2. The van der Waals surface area contributed by atoms with Crippen molar-refractivity contribution in [3.05, 3.63) is 65.7 Å². The Hall–Kier alpha value is -2.62. The summed E-state index contributed by atoms with van der Waals surface area (Å²) in [4.78, 5) is 0. The first-order valence-electron chi connectivity index (χ1n) is 12.0. The number of ether oxygens (including phenoxy) is 1. The second kappa shape index (κ2) is 10.8. The average molecular weight is 431 g/mol. The highest BCUT2D eigenvalue weighted by molar-refractivity contribution is 6.27. The SMILES string of the molecule is CCCCCOc1c(CCCO)ccc2c3ccc(CCCO)cc3c3ccccc3c12. The fourth-order valence-corrected chi connectivity index (χ4v) is 4.70. The van der Waals surface area contributed by atoms with Gasteiger partial charge in [-0.15, -0.1) is 0 Å². The summed E-state index contributed by atoms with van der Waals surface area (Å²) in [7, 11) is 0.